The Morgan fingerprint density at radius 1 is 0.917 bits per heavy atom. The number of thiophene rings is 1. The van der Waals surface area contributed by atoms with E-state index in [1.54, 1.807) is 35.6 Å². The molecular weight excluding hydrogens is 470 g/mol. The van der Waals surface area contributed by atoms with Crippen molar-refractivity contribution in [3.63, 3.8) is 0 Å². The number of pyridine rings is 1. The smallest absolute Gasteiger partial charge is 0.256 e. The third kappa shape index (κ3) is 4.01. The van der Waals surface area contributed by atoms with Crippen molar-refractivity contribution in [2.75, 3.05) is 10.2 Å². The molecule has 6 rings (SSSR count). The molecule has 36 heavy (non-hydrogen) atoms. The first-order valence-electron chi connectivity index (χ1n) is 12.0. The van der Waals surface area contributed by atoms with Crippen LogP contribution in [-0.4, -0.2) is 22.7 Å². The van der Waals surface area contributed by atoms with E-state index in [0.717, 1.165) is 40.6 Å². The number of amides is 3. The van der Waals surface area contributed by atoms with Crippen LogP contribution in [0.3, 0.4) is 0 Å². The molecule has 0 bridgehead atoms. The number of hydrogen-bond donors (Lipinski definition) is 1. The fourth-order valence-corrected chi connectivity index (χ4v) is 5.69. The fraction of sp³-hybridized carbons (Fsp3) is 0.172. The van der Waals surface area contributed by atoms with Crippen LogP contribution < -0.4 is 10.2 Å². The lowest BCUT2D eigenvalue weighted by molar-refractivity contribution is -0.129. The van der Waals surface area contributed by atoms with Gasteiger partial charge in [-0.05, 0) is 78.3 Å². The Bertz CT molecular complexity index is 1520. The molecule has 4 aromatic rings. The quantitative estimate of drug-likeness (QED) is 0.350. The number of carbonyl (C=O) groups is 3. The van der Waals surface area contributed by atoms with Crippen molar-refractivity contribution in [2.24, 2.45) is 0 Å². The molecule has 2 aliphatic rings. The lowest BCUT2D eigenvalue weighted by atomic mass is 10.00. The molecule has 1 fully saturated rings. The van der Waals surface area contributed by atoms with Gasteiger partial charge in [-0.15, -0.1) is 11.3 Å². The maximum Gasteiger partial charge on any atom is 0.256 e. The second-order valence-electron chi connectivity index (χ2n) is 8.99. The predicted octanol–water partition coefficient (Wildman–Crippen LogP) is 6.08. The number of fused-ring (bicyclic) bond motifs is 2. The Labute approximate surface area is 212 Å². The second kappa shape index (κ2) is 9.17. The van der Waals surface area contributed by atoms with E-state index in [2.05, 4.69) is 22.8 Å². The summed E-state index contributed by atoms with van der Waals surface area (Å²) in [6.07, 6.45) is 5.09. The second-order valence-corrected chi connectivity index (χ2v) is 9.97. The van der Waals surface area contributed by atoms with E-state index in [4.69, 9.17) is 4.98 Å². The molecule has 0 saturated carbocycles. The highest BCUT2D eigenvalue weighted by Crippen LogP contribution is 2.38. The summed E-state index contributed by atoms with van der Waals surface area (Å²) in [5.41, 5.74) is 5.57. The molecule has 1 aliphatic heterocycles. The van der Waals surface area contributed by atoms with Crippen LogP contribution in [-0.2, 0) is 16.0 Å². The van der Waals surface area contributed by atoms with Gasteiger partial charge in [0.05, 0.1) is 22.5 Å². The molecule has 1 aliphatic carbocycles. The SMILES string of the molecule is O=C(Nc1ccc(N2C(=O)CCCC2=O)cc1)c1c2c(nc3ccccc13)/C(=C\c1cccs1)CC2. The minimum atomic E-state index is -0.194. The largest absolute Gasteiger partial charge is 0.322 e. The van der Waals surface area contributed by atoms with Crippen LogP contribution in [0.1, 0.15) is 52.2 Å². The van der Waals surface area contributed by atoms with Gasteiger partial charge in [0.2, 0.25) is 11.8 Å². The molecule has 2 aromatic carbocycles. The van der Waals surface area contributed by atoms with E-state index < -0.39 is 0 Å². The molecule has 0 spiro atoms. The van der Waals surface area contributed by atoms with Crippen LogP contribution in [0.15, 0.2) is 66.0 Å². The van der Waals surface area contributed by atoms with Crippen LogP contribution in [0.25, 0.3) is 22.6 Å². The van der Waals surface area contributed by atoms with Gasteiger partial charge >= 0.3 is 0 Å². The van der Waals surface area contributed by atoms with Crippen molar-refractivity contribution in [2.45, 2.75) is 32.1 Å². The predicted molar refractivity (Wildman–Crippen MR) is 143 cm³/mol. The molecule has 3 heterocycles. The van der Waals surface area contributed by atoms with E-state index in [-0.39, 0.29) is 17.7 Å². The third-order valence-electron chi connectivity index (χ3n) is 6.69. The number of piperidine rings is 1. The highest BCUT2D eigenvalue weighted by molar-refractivity contribution is 7.10. The summed E-state index contributed by atoms with van der Waals surface area (Å²) in [6, 6.07) is 18.7. The number of allylic oxidation sites excluding steroid dienone is 1. The number of hydrogen-bond acceptors (Lipinski definition) is 5. The first-order chi connectivity index (χ1) is 17.6. The van der Waals surface area contributed by atoms with Gasteiger partial charge in [0.1, 0.15) is 0 Å². The van der Waals surface area contributed by atoms with Crippen molar-refractivity contribution in [3.05, 3.63) is 87.7 Å². The zero-order chi connectivity index (χ0) is 24.6. The zero-order valence-electron chi connectivity index (χ0n) is 19.5. The topological polar surface area (TPSA) is 79.4 Å². The minimum Gasteiger partial charge on any atom is -0.322 e. The average Bonchev–Trinajstić information content (AvgIpc) is 3.54. The van der Waals surface area contributed by atoms with Gasteiger partial charge in [0.25, 0.3) is 5.91 Å². The summed E-state index contributed by atoms with van der Waals surface area (Å²) in [6.45, 7) is 0. The summed E-state index contributed by atoms with van der Waals surface area (Å²) >= 11 is 1.68. The molecule has 1 N–H and O–H groups in total. The molecule has 7 heteroatoms. The number of imide groups is 1. The fourth-order valence-electron chi connectivity index (χ4n) is 5.01. The Balaban J connectivity index is 1.34. The highest BCUT2D eigenvalue weighted by atomic mass is 32.1. The number of carbonyl (C=O) groups excluding carboxylic acids is 3. The number of para-hydroxylation sites is 1. The van der Waals surface area contributed by atoms with Gasteiger partial charge in [-0.2, -0.15) is 0 Å². The molecule has 178 valence electrons. The molecule has 0 unspecified atom stereocenters. The number of benzene rings is 2. The van der Waals surface area contributed by atoms with Gasteiger partial charge in [-0.3, -0.25) is 19.3 Å². The Hall–Kier alpha value is -4.10. The van der Waals surface area contributed by atoms with Crippen LogP contribution in [0.2, 0.25) is 0 Å². The normalized spacial score (nSPS) is 16.6. The van der Waals surface area contributed by atoms with Crippen LogP contribution >= 0.6 is 11.3 Å². The maximum atomic E-state index is 13.6. The van der Waals surface area contributed by atoms with Crippen LogP contribution in [0, 0.1) is 0 Å². The molecular formula is C29H23N3O3S. The number of anilines is 2. The first kappa shape index (κ1) is 22.4. The van der Waals surface area contributed by atoms with E-state index in [1.807, 2.05) is 30.3 Å². The number of nitrogens with zero attached hydrogens (tertiary/aromatic N) is 2. The number of nitrogens with one attached hydrogen (secondary N) is 1. The number of aromatic nitrogens is 1. The van der Waals surface area contributed by atoms with Crippen molar-refractivity contribution in [3.8, 4) is 0 Å². The van der Waals surface area contributed by atoms with Crippen molar-refractivity contribution in [1.82, 2.24) is 4.98 Å². The summed E-state index contributed by atoms with van der Waals surface area (Å²) < 4.78 is 0. The van der Waals surface area contributed by atoms with Crippen molar-refractivity contribution < 1.29 is 14.4 Å². The molecule has 0 radical (unpaired) electrons. The standard InChI is InChI=1S/C29H23N3O3S/c33-25-8-3-9-26(34)32(25)20-13-11-19(12-14-20)30-29(35)27-22-6-1-2-7-24(22)31-28-18(10-15-23(27)28)17-21-5-4-16-36-21/h1-2,4-7,11-14,16-17H,3,8-10,15H2,(H,30,35)/b18-17-. The summed E-state index contributed by atoms with van der Waals surface area (Å²) in [5.74, 6) is -0.568. The Morgan fingerprint density at radius 2 is 1.69 bits per heavy atom. The number of rotatable bonds is 4. The van der Waals surface area contributed by atoms with E-state index in [1.165, 1.54) is 9.78 Å². The summed E-state index contributed by atoms with van der Waals surface area (Å²) in [7, 11) is 0. The average molecular weight is 494 g/mol. The van der Waals surface area contributed by atoms with E-state index in [9.17, 15) is 14.4 Å². The summed E-state index contributed by atoms with van der Waals surface area (Å²) in [5, 5.41) is 5.90. The lowest BCUT2D eigenvalue weighted by Crippen LogP contribution is -2.40. The Morgan fingerprint density at radius 3 is 2.44 bits per heavy atom. The zero-order valence-corrected chi connectivity index (χ0v) is 20.3. The summed E-state index contributed by atoms with van der Waals surface area (Å²) in [4.78, 5) is 45.4. The van der Waals surface area contributed by atoms with E-state index in [0.29, 0.717) is 36.2 Å². The van der Waals surface area contributed by atoms with Crippen LogP contribution in [0.4, 0.5) is 11.4 Å². The van der Waals surface area contributed by atoms with Gasteiger partial charge in [-0.1, -0.05) is 24.3 Å². The monoisotopic (exact) mass is 493 g/mol. The van der Waals surface area contributed by atoms with Gasteiger partial charge in [0.15, 0.2) is 0 Å². The van der Waals surface area contributed by atoms with Crippen molar-refractivity contribution >= 4 is 63.0 Å². The minimum absolute atomic E-state index is 0.187. The van der Waals surface area contributed by atoms with E-state index >= 15 is 0 Å². The molecule has 6 nitrogen and oxygen atoms in total. The molecule has 0 atom stereocenters. The molecule has 1 saturated heterocycles. The van der Waals surface area contributed by atoms with Gasteiger partial charge in [-0.25, -0.2) is 4.98 Å². The highest BCUT2D eigenvalue weighted by Gasteiger charge is 2.28. The van der Waals surface area contributed by atoms with Crippen molar-refractivity contribution in [1.29, 1.82) is 0 Å². The first-order valence-corrected chi connectivity index (χ1v) is 12.9. The lowest BCUT2D eigenvalue weighted by Gasteiger charge is -2.25. The molecule has 3 amide bonds. The third-order valence-corrected chi connectivity index (χ3v) is 7.51. The molecule has 2 aromatic heterocycles. The van der Waals surface area contributed by atoms with Gasteiger partial charge in [0, 0.05) is 28.8 Å². The van der Waals surface area contributed by atoms with Gasteiger partial charge < -0.3 is 5.32 Å². The Kier molecular flexibility index (Phi) is 5.70. The van der Waals surface area contributed by atoms with Crippen LogP contribution in [0.5, 0.6) is 0 Å². The maximum absolute atomic E-state index is 13.6.